The molecule has 0 aliphatic heterocycles. The summed E-state index contributed by atoms with van der Waals surface area (Å²) in [7, 11) is 0. The highest BCUT2D eigenvalue weighted by Gasteiger charge is 2.14. The normalized spacial score (nSPS) is 10.1. The van der Waals surface area contributed by atoms with E-state index in [4.69, 9.17) is 4.74 Å². The van der Waals surface area contributed by atoms with Crippen LogP contribution in [0.3, 0.4) is 0 Å². The van der Waals surface area contributed by atoms with Gasteiger partial charge in [-0.15, -0.1) is 0 Å². The lowest BCUT2D eigenvalue weighted by atomic mass is 10.1. The summed E-state index contributed by atoms with van der Waals surface area (Å²) >= 11 is 0. The highest BCUT2D eigenvalue weighted by atomic mass is 16.5. The van der Waals surface area contributed by atoms with Crippen LogP contribution < -0.4 is 5.32 Å². The summed E-state index contributed by atoms with van der Waals surface area (Å²) in [5.74, 6) is -1.00. The number of carbonyl (C=O) groups excluding carboxylic acids is 3. The van der Waals surface area contributed by atoms with Crippen molar-refractivity contribution in [2.24, 2.45) is 0 Å². The van der Waals surface area contributed by atoms with E-state index in [0.29, 0.717) is 16.8 Å². The van der Waals surface area contributed by atoms with Crippen LogP contribution in [0.1, 0.15) is 38.8 Å². The molecule has 0 aromatic heterocycles. The minimum absolute atomic E-state index is 0.184. The van der Waals surface area contributed by atoms with Crippen LogP contribution in [0.25, 0.3) is 0 Å². The summed E-state index contributed by atoms with van der Waals surface area (Å²) in [4.78, 5) is 35.2. The van der Waals surface area contributed by atoms with Gasteiger partial charge in [0.1, 0.15) is 0 Å². The molecule has 0 aliphatic carbocycles. The van der Waals surface area contributed by atoms with Crippen LogP contribution in [0.15, 0.2) is 42.5 Å². The topological polar surface area (TPSA) is 72.5 Å². The maximum absolute atomic E-state index is 12.1. The molecule has 0 unspecified atom stereocenters. The van der Waals surface area contributed by atoms with Gasteiger partial charge < -0.3 is 10.1 Å². The fraction of sp³-hybridized carbons (Fsp3) is 0.211. The summed E-state index contributed by atoms with van der Waals surface area (Å²) in [5.41, 5.74) is 3.23. The summed E-state index contributed by atoms with van der Waals surface area (Å²) in [6, 6.07) is 11.9. The number of carbonyl (C=O) groups is 3. The van der Waals surface area contributed by atoms with Gasteiger partial charge in [0.15, 0.2) is 12.4 Å². The Kier molecular flexibility index (Phi) is 5.47. The van der Waals surface area contributed by atoms with Crippen LogP contribution >= 0.6 is 0 Å². The smallest absolute Gasteiger partial charge is 0.338 e. The first-order valence-corrected chi connectivity index (χ1v) is 7.52. The number of ether oxygens (including phenoxy) is 1. The number of Topliss-reactive ketones (excluding diaryl/α,β-unsaturated/α-hetero) is 1. The van der Waals surface area contributed by atoms with Crippen molar-refractivity contribution in [1.29, 1.82) is 0 Å². The molecule has 2 aromatic rings. The maximum Gasteiger partial charge on any atom is 0.338 e. The van der Waals surface area contributed by atoms with Crippen molar-refractivity contribution in [2.45, 2.75) is 20.8 Å². The quantitative estimate of drug-likeness (QED) is 0.676. The largest absolute Gasteiger partial charge is 0.454 e. The molecule has 2 aromatic carbocycles. The van der Waals surface area contributed by atoms with Gasteiger partial charge >= 0.3 is 5.97 Å². The predicted octanol–water partition coefficient (Wildman–Crippen LogP) is 3.30. The van der Waals surface area contributed by atoms with E-state index in [9.17, 15) is 14.4 Å². The maximum atomic E-state index is 12.1. The van der Waals surface area contributed by atoms with Crippen molar-refractivity contribution >= 4 is 23.3 Å². The number of nitrogens with one attached hydrogen (secondary N) is 1. The number of ketones is 1. The number of anilines is 1. The number of rotatable bonds is 5. The Morgan fingerprint density at radius 1 is 1.00 bits per heavy atom. The van der Waals surface area contributed by atoms with E-state index >= 15 is 0 Å². The van der Waals surface area contributed by atoms with E-state index in [-0.39, 0.29) is 18.3 Å². The second-order valence-electron chi connectivity index (χ2n) is 5.58. The van der Waals surface area contributed by atoms with Crippen LogP contribution in [0.5, 0.6) is 0 Å². The molecule has 1 amide bonds. The molecular formula is C19H19NO4. The van der Waals surface area contributed by atoms with Gasteiger partial charge in [0.05, 0.1) is 5.56 Å². The van der Waals surface area contributed by atoms with E-state index in [0.717, 1.165) is 11.1 Å². The zero-order valence-corrected chi connectivity index (χ0v) is 13.9. The molecule has 124 valence electrons. The second kappa shape index (κ2) is 7.55. The van der Waals surface area contributed by atoms with Crippen LogP contribution in [-0.4, -0.2) is 24.3 Å². The van der Waals surface area contributed by atoms with E-state index in [1.54, 1.807) is 30.3 Å². The molecule has 5 heteroatoms. The van der Waals surface area contributed by atoms with Gasteiger partial charge in [0, 0.05) is 18.2 Å². The summed E-state index contributed by atoms with van der Waals surface area (Å²) < 4.78 is 5.12. The fourth-order valence-electron chi connectivity index (χ4n) is 2.19. The first-order chi connectivity index (χ1) is 11.4. The van der Waals surface area contributed by atoms with Gasteiger partial charge in [-0.25, -0.2) is 4.79 Å². The molecule has 0 heterocycles. The lowest BCUT2D eigenvalue weighted by Crippen LogP contribution is -2.15. The van der Waals surface area contributed by atoms with Gasteiger partial charge in [0.25, 0.3) is 0 Å². The minimum Gasteiger partial charge on any atom is -0.454 e. The number of aryl methyl sites for hydroxylation is 2. The Bertz CT molecular complexity index is 778. The molecule has 5 nitrogen and oxygen atoms in total. The monoisotopic (exact) mass is 325 g/mol. The standard InChI is InChI=1S/C19H19NO4/c1-12-4-5-13(2)17(10-12)19(23)24-11-18(22)15-6-8-16(9-7-15)20-14(3)21/h4-10H,11H2,1-3H3,(H,20,21). The van der Waals surface area contributed by atoms with Gasteiger partial charge in [-0.3, -0.25) is 9.59 Å². The second-order valence-corrected chi connectivity index (χ2v) is 5.58. The van der Waals surface area contributed by atoms with Crippen molar-refractivity contribution in [3.05, 3.63) is 64.7 Å². The Labute approximate surface area is 140 Å². The minimum atomic E-state index is -0.514. The number of hydrogen-bond acceptors (Lipinski definition) is 4. The summed E-state index contributed by atoms with van der Waals surface area (Å²) in [6.07, 6.45) is 0. The molecule has 1 N–H and O–H groups in total. The Morgan fingerprint density at radius 3 is 2.29 bits per heavy atom. The van der Waals surface area contributed by atoms with Gasteiger partial charge in [0.2, 0.25) is 5.91 Å². The first-order valence-electron chi connectivity index (χ1n) is 7.52. The Morgan fingerprint density at radius 2 is 1.67 bits per heavy atom. The van der Waals surface area contributed by atoms with E-state index < -0.39 is 5.97 Å². The van der Waals surface area contributed by atoms with E-state index in [1.165, 1.54) is 6.92 Å². The Balaban J connectivity index is 1.98. The molecule has 0 saturated heterocycles. The molecule has 0 spiro atoms. The number of amides is 1. The zero-order chi connectivity index (χ0) is 17.7. The van der Waals surface area contributed by atoms with Gasteiger partial charge in [-0.05, 0) is 49.7 Å². The van der Waals surface area contributed by atoms with Crippen molar-refractivity contribution in [1.82, 2.24) is 0 Å². The zero-order valence-electron chi connectivity index (χ0n) is 13.9. The third-order valence-corrected chi connectivity index (χ3v) is 3.47. The van der Waals surface area contributed by atoms with Crippen molar-refractivity contribution in [3.63, 3.8) is 0 Å². The van der Waals surface area contributed by atoms with Crippen molar-refractivity contribution in [3.8, 4) is 0 Å². The molecule has 0 aliphatic rings. The van der Waals surface area contributed by atoms with Crippen LogP contribution in [0, 0.1) is 13.8 Å². The molecule has 0 fully saturated rings. The van der Waals surface area contributed by atoms with Crippen LogP contribution in [0.4, 0.5) is 5.69 Å². The van der Waals surface area contributed by atoms with E-state index in [1.807, 2.05) is 26.0 Å². The third kappa shape index (κ3) is 4.52. The summed E-state index contributed by atoms with van der Waals surface area (Å²) in [5, 5.41) is 2.62. The molecule has 0 bridgehead atoms. The van der Waals surface area contributed by atoms with Crippen molar-refractivity contribution in [2.75, 3.05) is 11.9 Å². The molecule has 24 heavy (non-hydrogen) atoms. The number of esters is 1. The fourth-order valence-corrected chi connectivity index (χ4v) is 2.19. The average Bonchev–Trinajstić information content (AvgIpc) is 2.54. The molecular weight excluding hydrogens is 306 g/mol. The number of benzene rings is 2. The van der Waals surface area contributed by atoms with Gasteiger partial charge in [-0.1, -0.05) is 17.7 Å². The average molecular weight is 325 g/mol. The molecule has 0 radical (unpaired) electrons. The van der Waals surface area contributed by atoms with Crippen LogP contribution in [0.2, 0.25) is 0 Å². The highest BCUT2D eigenvalue weighted by Crippen LogP contribution is 2.13. The molecule has 2 rings (SSSR count). The van der Waals surface area contributed by atoms with Crippen molar-refractivity contribution < 1.29 is 19.1 Å². The SMILES string of the molecule is CC(=O)Nc1ccc(C(=O)COC(=O)c2cc(C)ccc2C)cc1. The molecule has 0 atom stereocenters. The van der Waals surface area contributed by atoms with Crippen LogP contribution in [-0.2, 0) is 9.53 Å². The first kappa shape index (κ1) is 17.4. The highest BCUT2D eigenvalue weighted by molar-refractivity contribution is 6.00. The van der Waals surface area contributed by atoms with Gasteiger partial charge in [-0.2, -0.15) is 0 Å². The third-order valence-electron chi connectivity index (χ3n) is 3.47. The molecule has 0 saturated carbocycles. The lowest BCUT2D eigenvalue weighted by molar-refractivity contribution is -0.114. The number of hydrogen-bond donors (Lipinski definition) is 1. The summed E-state index contributed by atoms with van der Waals surface area (Å²) in [6.45, 7) is 4.79. The lowest BCUT2D eigenvalue weighted by Gasteiger charge is -2.08. The van der Waals surface area contributed by atoms with E-state index in [2.05, 4.69) is 5.32 Å². The predicted molar refractivity (Wildman–Crippen MR) is 91.3 cm³/mol. The Hall–Kier alpha value is -2.95.